The van der Waals surface area contributed by atoms with Crippen molar-refractivity contribution < 1.29 is 0 Å². The van der Waals surface area contributed by atoms with Gasteiger partial charge in [-0.2, -0.15) is 17.9 Å². The van der Waals surface area contributed by atoms with E-state index in [4.69, 9.17) is 5.26 Å². The van der Waals surface area contributed by atoms with Gasteiger partial charge in [-0.15, -0.1) is 0 Å². The first-order valence-electron chi connectivity index (χ1n) is 5.63. The van der Waals surface area contributed by atoms with E-state index in [0.29, 0.717) is 0 Å². The van der Waals surface area contributed by atoms with Gasteiger partial charge in [0.2, 0.25) is 0 Å². The number of nitriles is 1. The smallest absolute Gasteiger partial charge is 0.0707 e. The Bertz CT molecular complexity index is 371. The summed E-state index contributed by atoms with van der Waals surface area (Å²) in [4.78, 5) is 2.34. The van der Waals surface area contributed by atoms with E-state index in [1.54, 1.807) is 0 Å². The summed E-state index contributed by atoms with van der Waals surface area (Å²) >= 11 is 4.45. The standard InChI is InChI=1S/C13H16N2S/c14-8-12-10-15(7-6-13(12)16)9-11-4-2-1-3-5-11/h1-5,12-13,16H,6-7,9-10H2. The van der Waals surface area contributed by atoms with Crippen molar-refractivity contribution in [2.75, 3.05) is 13.1 Å². The summed E-state index contributed by atoms with van der Waals surface area (Å²) in [6, 6.07) is 12.8. The van der Waals surface area contributed by atoms with Gasteiger partial charge in [0, 0.05) is 18.3 Å². The van der Waals surface area contributed by atoms with E-state index in [0.717, 1.165) is 26.1 Å². The quantitative estimate of drug-likeness (QED) is 0.792. The Labute approximate surface area is 102 Å². The van der Waals surface area contributed by atoms with Crippen molar-refractivity contribution in [3.8, 4) is 6.07 Å². The first kappa shape index (κ1) is 11.5. The summed E-state index contributed by atoms with van der Waals surface area (Å²) in [5, 5.41) is 9.27. The Morgan fingerprint density at radius 1 is 1.38 bits per heavy atom. The van der Waals surface area contributed by atoms with Crippen LogP contribution in [0.2, 0.25) is 0 Å². The van der Waals surface area contributed by atoms with Crippen LogP contribution in [0.4, 0.5) is 0 Å². The van der Waals surface area contributed by atoms with Gasteiger partial charge < -0.3 is 0 Å². The second kappa shape index (κ2) is 5.38. The Morgan fingerprint density at radius 3 is 2.81 bits per heavy atom. The van der Waals surface area contributed by atoms with Gasteiger partial charge in [-0.3, -0.25) is 4.90 Å². The van der Waals surface area contributed by atoms with Gasteiger partial charge in [-0.25, -0.2) is 0 Å². The molecule has 3 heteroatoms. The SMILES string of the molecule is N#CC1CN(Cc2ccccc2)CCC1S. The lowest BCUT2D eigenvalue weighted by molar-refractivity contribution is 0.197. The second-order valence-corrected chi connectivity index (χ2v) is 4.98. The van der Waals surface area contributed by atoms with Gasteiger partial charge in [0.25, 0.3) is 0 Å². The lowest BCUT2D eigenvalue weighted by atomic mass is 9.98. The van der Waals surface area contributed by atoms with Crippen LogP contribution in [-0.4, -0.2) is 23.2 Å². The molecule has 2 atom stereocenters. The van der Waals surface area contributed by atoms with E-state index >= 15 is 0 Å². The van der Waals surface area contributed by atoms with Gasteiger partial charge in [0.1, 0.15) is 0 Å². The van der Waals surface area contributed by atoms with Gasteiger partial charge in [-0.05, 0) is 18.5 Å². The Morgan fingerprint density at radius 2 is 2.12 bits per heavy atom. The number of hydrogen-bond acceptors (Lipinski definition) is 3. The summed E-state index contributed by atoms with van der Waals surface area (Å²) < 4.78 is 0. The highest BCUT2D eigenvalue weighted by molar-refractivity contribution is 7.81. The van der Waals surface area contributed by atoms with Crippen LogP contribution in [0.5, 0.6) is 0 Å². The first-order valence-corrected chi connectivity index (χ1v) is 6.15. The van der Waals surface area contributed by atoms with Crippen molar-refractivity contribution >= 4 is 12.6 Å². The second-order valence-electron chi connectivity index (χ2n) is 4.31. The molecule has 0 N–H and O–H groups in total. The van der Waals surface area contributed by atoms with Crippen LogP contribution < -0.4 is 0 Å². The van der Waals surface area contributed by atoms with Crippen LogP contribution in [0.3, 0.4) is 0 Å². The number of rotatable bonds is 2. The number of likely N-dealkylation sites (tertiary alicyclic amines) is 1. The molecule has 1 aliphatic heterocycles. The van der Waals surface area contributed by atoms with Crippen molar-refractivity contribution in [3.05, 3.63) is 35.9 Å². The minimum absolute atomic E-state index is 0.0702. The molecule has 0 aliphatic carbocycles. The Hall–Kier alpha value is -0.980. The van der Waals surface area contributed by atoms with Crippen LogP contribution in [0.25, 0.3) is 0 Å². The lowest BCUT2D eigenvalue weighted by Gasteiger charge is -2.33. The lowest BCUT2D eigenvalue weighted by Crippen LogP contribution is -2.40. The van der Waals surface area contributed by atoms with E-state index in [-0.39, 0.29) is 11.2 Å². The largest absolute Gasteiger partial charge is 0.298 e. The van der Waals surface area contributed by atoms with Gasteiger partial charge in [0.05, 0.1) is 12.0 Å². The van der Waals surface area contributed by atoms with Crippen LogP contribution in [0.15, 0.2) is 30.3 Å². The van der Waals surface area contributed by atoms with Crippen molar-refractivity contribution in [1.29, 1.82) is 5.26 Å². The van der Waals surface area contributed by atoms with E-state index in [1.165, 1.54) is 5.56 Å². The molecule has 0 saturated carbocycles. The number of piperidine rings is 1. The summed E-state index contributed by atoms with van der Waals surface area (Å²) in [6.07, 6.45) is 1.01. The molecule has 2 nitrogen and oxygen atoms in total. The maximum absolute atomic E-state index is 9.02. The highest BCUT2D eigenvalue weighted by Crippen LogP contribution is 2.22. The molecule has 1 heterocycles. The highest BCUT2D eigenvalue weighted by atomic mass is 32.1. The summed E-state index contributed by atoms with van der Waals surface area (Å²) in [6.45, 7) is 2.83. The van der Waals surface area contributed by atoms with Crippen molar-refractivity contribution in [1.82, 2.24) is 4.90 Å². The minimum atomic E-state index is 0.0702. The number of hydrogen-bond donors (Lipinski definition) is 1. The third-order valence-corrected chi connectivity index (χ3v) is 3.69. The fraction of sp³-hybridized carbons (Fsp3) is 0.462. The molecule has 0 bridgehead atoms. The fourth-order valence-corrected chi connectivity index (χ4v) is 2.40. The third kappa shape index (κ3) is 2.78. The molecular weight excluding hydrogens is 216 g/mol. The van der Waals surface area contributed by atoms with Crippen molar-refractivity contribution in [2.45, 2.75) is 18.2 Å². The Balaban J connectivity index is 1.95. The maximum atomic E-state index is 9.02. The molecule has 16 heavy (non-hydrogen) atoms. The third-order valence-electron chi connectivity index (χ3n) is 3.08. The maximum Gasteiger partial charge on any atom is 0.0707 e. The van der Waals surface area contributed by atoms with Crippen LogP contribution in [0, 0.1) is 17.2 Å². The summed E-state index contributed by atoms with van der Waals surface area (Å²) in [5.74, 6) is 0.0702. The molecule has 0 aromatic heterocycles. The summed E-state index contributed by atoms with van der Waals surface area (Å²) in [5.41, 5.74) is 1.32. The predicted molar refractivity (Wildman–Crippen MR) is 68.2 cm³/mol. The molecular formula is C13H16N2S. The average Bonchev–Trinajstić information content (AvgIpc) is 2.33. The molecule has 1 aromatic carbocycles. The molecule has 1 aliphatic rings. The zero-order chi connectivity index (χ0) is 11.4. The predicted octanol–water partition coefficient (Wildman–Crippen LogP) is 2.33. The van der Waals surface area contributed by atoms with Crippen molar-refractivity contribution in [3.63, 3.8) is 0 Å². The zero-order valence-corrected chi connectivity index (χ0v) is 10.1. The molecule has 0 spiro atoms. The molecule has 0 radical (unpaired) electrons. The molecule has 84 valence electrons. The molecule has 1 fully saturated rings. The van der Waals surface area contributed by atoms with E-state index < -0.39 is 0 Å². The number of benzene rings is 1. The van der Waals surface area contributed by atoms with E-state index in [1.807, 2.05) is 6.07 Å². The summed E-state index contributed by atoms with van der Waals surface area (Å²) in [7, 11) is 0. The molecule has 0 amide bonds. The average molecular weight is 232 g/mol. The normalized spacial score (nSPS) is 26.2. The number of thiol groups is 1. The van der Waals surface area contributed by atoms with Crippen LogP contribution >= 0.6 is 12.6 Å². The molecule has 2 unspecified atom stereocenters. The first-order chi connectivity index (χ1) is 7.79. The minimum Gasteiger partial charge on any atom is -0.298 e. The Kier molecular flexibility index (Phi) is 3.87. The fourth-order valence-electron chi connectivity index (χ4n) is 2.12. The van der Waals surface area contributed by atoms with Gasteiger partial charge in [0.15, 0.2) is 0 Å². The van der Waals surface area contributed by atoms with E-state index in [9.17, 15) is 0 Å². The van der Waals surface area contributed by atoms with Crippen LogP contribution in [0.1, 0.15) is 12.0 Å². The van der Waals surface area contributed by atoms with E-state index in [2.05, 4.69) is 47.9 Å². The molecule has 1 saturated heterocycles. The number of nitrogens with zero attached hydrogens (tertiary/aromatic N) is 2. The van der Waals surface area contributed by atoms with Crippen molar-refractivity contribution in [2.24, 2.45) is 5.92 Å². The monoisotopic (exact) mass is 232 g/mol. The zero-order valence-electron chi connectivity index (χ0n) is 9.21. The topological polar surface area (TPSA) is 27.0 Å². The van der Waals surface area contributed by atoms with Crippen LogP contribution in [-0.2, 0) is 6.54 Å². The molecule has 1 aromatic rings. The highest BCUT2D eigenvalue weighted by Gasteiger charge is 2.26. The van der Waals surface area contributed by atoms with Gasteiger partial charge >= 0.3 is 0 Å². The van der Waals surface area contributed by atoms with Gasteiger partial charge in [-0.1, -0.05) is 30.3 Å². The molecule has 2 rings (SSSR count).